The Morgan fingerprint density at radius 2 is 2.00 bits per heavy atom. The molecule has 0 spiro atoms. The second-order valence-corrected chi connectivity index (χ2v) is 6.80. The summed E-state index contributed by atoms with van der Waals surface area (Å²) >= 11 is 0. The average molecular weight is 302 g/mol. The maximum absolute atomic E-state index is 12.1. The molecule has 1 aromatic rings. The molecule has 1 saturated heterocycles. The SMILES string of the molecule is CC(C)C(=O)N(C)C1CCN(c2ncnc3c2CCC3)CC1. The predicted octanol–water partition coefficient (Wildman–Crippen LogP) is 2.05. The van der Waals surface area contributed by atoms with Crippen LogP contribution in [0.15, 0.2) is 6.33 Å². The van der Waals surface area contributed by atoms with Gasteiger partial charge >= 0.3 is 0 Å². The topological polar surface area (TPSA) is 49.3 Å². The first kappa shape index (κ1) is 15.3. The molecule has 0 aromatic carbocycles. The highest BCUT2D eigenvalue weighted by molar-refractivity contribution is 5.78. The quantitative estimate of drug-likeness (QED) is 0.857. The van der Waals surface area contributed by atoms with E-state index in [9.17, 15) is 4.79 Å². The van der Waals surface area contributed by atoms with Crippen molar-refractivity contribution >= 4 is 11.7 Å². The molecular weight excluding hydrogens is 276 g/mol. The molecular formula is C17H26N4O. The minimum atomic E-state index is 0.0770. The molecule has 1 fully saturated rings. The summed E-state index contributed by atoms with van der Waals surface area (Å²) in [6.45, 7) is 5.89. The van der Waals surface area contributed by atoms with Gasteiger partial charge < -0.3 is 9.80 Å². The normalized spacial score (nSPS) is 18.6. The zero-order chi connectivity index (χ0) is 15.7. The third-order valence-electron chi connectivity index (χ3n) is 5.01. The van der Waals surface area contributed by atoms with Crippen molar-refractivity contribution in [2.45, 2.75) is 52.0 Å². The summed E-state index contributed by atoms with van der Waals surface area (Å²) < 4.78 is 0. The van der Waals surface area contributed by atoms with Crippen molar-refractivity contribution in [2.75, 3.05) is 25.0 Å². The number of anilines is 1. The van der Waals surface area contributed by atoms with Gasteiger partial charge in [-0.25, -0.2) is 9.97 Å². The lowest BCUT2D eigenvalue weighted by Crippen LogP contribution is -2.47. The highest BCUT2D eigenvalue weighted by atomic mass is 16.2. The van der Waals surface area contributed by atoms with Crippen molar-refractivity contribution in [3.63, 3.8) is 0 Å². The molecule has 5 heteroatoms. The molecule has 22 heavy (non-hydrogen) atoms. The fourth-order valence-electron chi connectivity index (χ4n) is 3.67. The third-order valence-corrected chi connectivity index (χ3v) is 5.01. The highest BCUT2D eigenvalue weighted by Gasteiger charge is 2.29. The van der Waals surface area contributed by atoms with Gasteiger partial charge in [-0.05, 0) is 32.1 Å². The Hall–Kier alpha value is -1.65. The number of hydrogen-bond acceptors (Lipinski definition) is 4. The van der Waals surface area contributed by atoms with E-state index < -0.39 is 0 Å². The number of piperidine rings is 1. The molecule has 0 atom stereocenters. The van der Waals surface area contributed by atoms with Gasteiger partial charge in [0.25, 0.3) is 0 Å². The van der Waals surface area contributed by atoms with Crippen molar-refractivity contribution in [1.82, 2.24) is 14.9 Å². The van der Waals surface area contributed by atoms with Crippen LogP contribution in [0.3, 0.4) is 0 Å². The van der Waals surface area contributed by atoms with E-state index in [1.165, 1.54) is 17.7 Å². The van der Waals surface area contributed by atoms with E-state index in [1.54, 1.807) is 6.33 Å². The first-order valence-corrected chi connectivity index (χ1v) is 8.42. The monoisotopic (exact) mass is 302 g/mol. The van der Waals surface area contributed by atoms with Gasteiger partial charge in [-0.2, -0.15) is 0 Å². The Bertz CT molecular complexity index is 550. The molecule has 1 aliphatic heterocycles. The van der Waals surface area contributed by atoms with E-state index in [1.807, 2.05) is 25.8 Å². The maximum Gasteiger partial charge on any atom is 0.225 e. The van der Waals surface area contributed by atoms with Gasteiger partial charge in [0.05, 0.1) is 0 Å². The Morgan fingerprint density at radius 3 is 2.68 bits per heavy atom. The van der Waals surface area contributed by atoms with Gasteiger partial charge in [0.15, 0.2) is 0 Å². The molecule has 0 unspecified atom stereocenters. The molecule has 0 bridgehead atoms. The van der Waals surface area contributed by atoms with Crippen LogP contribution >= 0.6 is 0 Å². The number of hydrogen-bond donors (Lipinski definition) is 0. The van der Waals surface area contributed by atoms with E-state index in [0.717, 1.165) is 44.6 Å². The molecule has 0 radical (unpaired) electrons. The van der Waals surface area contributed by atoms with Crippen LogP contribution in [0.5, 0.6) is 0 Å². The van der Waals surface area contributed by atoms with Crippen molar-refractivity contribution in [3.05, 3.63) is 17.6 Å². The fourth-order valence-corrected chi connectivity index (χ4v) is 3.67. The molecule has 2 aliphatic rings. The van der Waals surface area contributed by atoms with Crippen molar-refractivity contribution < 1.29 is 4.79 Å². The molecule has 3 rings (SSSR count). The van der Waals surface area contributed by atoms with Gasteiger partial charge in [-0.1, -0.05) is 13.8 Å². The van der Waals surface area contributed by atoms with Crippen LogP contribution in [0, 0.1) is 5.92 Å². The summed E-state index contributed by atoms with van der Waals surface area (Å²) in [5.41, 5.74) is 2.59. The second kappa shape index (κ2) is 6.23. The van der Waals surface area contributed by atoms with E-state index in [0.29, 0.717) is 6.04 Å². The Kier molecular flexibility index (Phi) is 4.32. The van der Waals surface area contributed by atoms with Crippen LogP contribution in [0.2, 0.25) is 0 Å². The van der Waals surface area contributed by atoms with Crippen LogP contribution in [-0.4, -0.2) is 47.0 Å². The molecule has 5 nitrogen and oxygen atoms in total. The third kappa shape index (κ3) is 2.81. The van der Waals surface area contributed by atoms with Crippen molar-refractivity contribution in [3.8, 4) is 0 Å². The average Bonchev–Trinajstić information content (AvgIpc) is 3.02. The molecule has 0 saturated carbocycles. The zero-order valence-electron chi connectivity index (χ0n) is 13.9. The lowest BCUT2D eigenvalue weighted by atomic mass is 10.0. The predicted molar refractivity (Wildman–Crippen MR) is 86.9 cm³/mol. The number of aryl methyl sites for hydroxylation is 1. The number of amides is 1. The van der Waals surface area contributed by atoms with Crippen molar-refractivity contribution in [1.29, 1.82) is 0 Å². The summed E-state index contributed by atoms with van der Waals surface area (Å²) in [5, 5.41) is 0. The molecule has 0 N–H and O–H groups in total. The van der Waals surface area contributed by atoms with Crippen LogP contribution in [0.25, 0.3) is 0 Å². The van der Waals surface area contributed by atoms with Gasteiger partial charge in [0.2, 0.25) is 5.91 Å². The lowest BCUT2D eigenvalue weighted by molar-refractivity contribution is -0.135. The number of nitrogens with zero attached hydrogens (tertiary/aromatic N) is 4. The van der Waals surface area contributed by atoms with Gasteiger partial charge in [0, 0.05) is 43.4 Å². The van der Waals surface area contributed by atoms with E-state index in [4.69, 9.17) is 0 Å². The highest BCUT2D eigenvalue weighted by Crippen LogP contribution is 2.30. The smallest absolute Gasteiger partial charge is 0.225 e. The second-order valence-electron chi connectivity index (χ2n) is 6.80. The van der Waals surface area contributed by atoms with E-state index >= 15 is 0 Å². The summed E-state index contributed by atoms with van der Waals surface area (Å²) in [6, 6.07) is 0.362. The summed E-state index contributed by atoms with van der Waals surface area (Å²) in [7, 11) is 1.95. The first-order chi connectivity index (χ1) is 10.6. The number of aromatic nitrogens is 2. The maximum atomic E-state index is 12.1. The fraction of sp³-hybridized carbons (Fsp3) is 0.706. The standard InChI is InChI=1S/C17H26N4O/c1-12(2)17(22)20(3)13-7-9-21(10-8-13)16-14-5-4-6-15(14)18-11-19-16/h11-13H,4-10H2,1-3H3. The van der Waals surface area contributed by atoms with Gasteiger partial charge in [0.1, 0.15) is 12.1 Å². The van der Waals surface area contributed by atoms with E-state index in [-0.39, 0.29) is 11.8 Å². The number of carbonyl (C=O) groups excluding carboxylic acids is 1. The zero-order valence-corrected chi connectivity index (χ0v) is 13.9. The largest absolute Gasteiger partial charge is 0.356 e. The Balaban J connectivity index is 1.65. The summed E-state index contributed by atoms with van der Waals surface area (Å²) in [4.78, 5) is 25.4. The minimum Gasteiger partial charge on any atom is -0.356 e. The minimum absolute atomic E-state index is 0.0770. The lowest BCUT2D eigenvalue weighted by Gasteiger charge is -2.38. The van der Waals surface area contributed by atoms with Crippen LogP contribution < -0.4 is 4.90 Å². The van der Waals surface area contributed by atoms with Crippen molar-refractivity contribution in [2.24, 2.45) is 5.92 Å². The summed E-state index contributed by atoms with van der Waals surface area (Å²) in [5.74, 6) is 1.47. The van der Waals surface area contributed by atoms with Crippen LogP contribution in [-0.2, 0) is 17.6 Å². The molecule has 120 valence electrons. The number of carbonyl (C=O) groups is 1. The molecule has 1 amide bonds. The Labute approximate surface area is 132 Å². The molecule has 1 aliphatic carbocycles. The van der Waals surface area contributed by atoms with E-state index in [2.05, 4.69) is 14.9 Å². The van der Waals surface area contributed by atoms with Gasteiger partial charge in [-0.15, -0.1) is 0 Å². The Morgan fingerprint density at radius 1 is 1.27 bits per heavy atom. The van der Waals surface area contributed by atoms with Gasteiger partial charge in [-0.3, -0.25) is 4.79 Å². The molecule has 1 aromatic heterocycles. The number of fused-ring (bicyclic) bond motifs is 1. The first-order valence-electron chi connectivity index (χ1n) is 8.42. The number of rotatable bonds is 3. The summed E-state index contributed by atoms with van der Waals surface area (Å²) in [6.07, 6.45) is 7.15. The molecule has 2 heterocycles. The van der Waals surface area contributed by atoms with Crippen LogP contribution in [0.1, 0.15) is 44.4 Å². The van der Waals surface area contributed by atoms with Crippen LogP contribution in [0.4, 0.5) is 5.82 Å².